The summed E-state index contributed by atoms with van der Waals surface area (Å²) in [6.07, 6.45) is 4.60. The second-order valence-electron chi connectivity index (χ2n) is 4.59. The molecule has 0 bridgehead atoms. The van der Waals surface area contributed by atoms with Gasteiger partial charge in [0, 0.05) is 18.2 Å². The largest absolute Gasteiger partial charge is 0.345 e. The van der Waals surface area contributed by atoms with E-state index in [1.165, 1.54) is 19.3 Å². The maximum Gasteiger partial charge on any atom is 0.345 e. The maximum atomic E-state index is 11.3. The summed E-state index contributed by atoms with van der Waals surface area (Å²) < 4.78 is 0. The summed E-state index contributed by atoms with van der Waals surface area (Å²) in [7, 11) is 0. The highest BCUT2D eigenvalue weighted by Gasteiger charge is 2.15. The second-order valence-corrected chi connectivity index (χ2v) is 4.59. The quantitative estimate of drug-likeness (QED) is 0.785. The molecule has 2 N–H and O–H groups in total. The van der Waals surface area contributed by atoms with Crippen LogP contribution in [0.25, 0.3) is 0 Å². The zero-order chi connectivity index (χ0) is 11.5. The standard InChI is InChI=1S/C12H19N3O/c1-8-9(2)14-12(16)15-11(8)7-10-5-3-4-6-13-10/h10,13H,3-7H2,1-2H3,(H,14,15,16). The van der Waals surface area contributed by atoms with Crippen LogP contribution in [0.15, 0.2) is 4.79 Å². The van der Waals surface area contributed by atoms with Crippen molar-refractivity contribution in [3.05, 3.63) is 27.4 Å². The van der Waals surface area contributed by atoms with E-state index in [1.54, 1.807) is 0 Å². The molecule has 4 heteroatoms. The minimum atomic E-state index is -0.228. The van der Waals surface area contributed by atoms with Gasteiger partial charge in [0.1, 0.15) is 0 Å². The van der Waals surface area contributed by atoms with Gasteiger partial charge < -0.3 is 10.3 Å². The third-order valence-corrected chi connectivity index (χ3v) is 3.38. The summed E-state index contributed by atoms with van der Waals surface area (Å²) in [5, 5.41) is 3.48. The molecule has 1 unspecified atom stereocenters. The van der Waals surface area contributed by atoms with Crippen LogP contribution in [0.1, 0.15) is 36.2 Å². The van der Waals surface area contributed by atoms with E-state index in [-0.39, 0.29) is 5.69 Å². The molecule has 0 aliphatic carbocycles. The summed E-state index contributed by atoms with van der Waals surface area (Å²) >= 11 is 0. The summed E-state index contributed by atoms with van der Waals surface area (Å²) in [5.41, 5.74) is 2.77. The van der Waals surface area contributed by atoms with Gasteiger partial charge in [0.15, 0.2) is 0 Å². The molecule has 2 heterocycles. The Morgan fingerprint density at radius 1 is 1.38 bits per heavy atom. The Balaban J connectivity index is 2.16. The summed E-state index contributed by atoms with van der Waals surface area (Å²) in [5.74, 6) is 0. The van der Waals surface area contributed by atoms with Gasteiger partial charge in [-0.15, -0.1) is 0 Å². The molecule has 2 rings (SSSR count). The molecule has 4 nitrogen and oxygen atoms in total. The molecule has 1 atom stereocenters. The molecule has 0 saturated carbocycles. The lowest BCUT2D eigenvalue weighted by molar-refractivity contribution is 0.396. The van der Waals surface area contributed by atoms with Gasteiger partial charge in [-0.2, -0.15) is 4.98 Å². The molecule has 0 spiro atoms. The van der Waals surface area contributed by atoms with Gasteiger partial charge in [-0.05, 0) is 38.8 Å². The molecule has 1 fully saturated rings. The minimum Gasteiger partial charge on any atom is -0.314 e. The maximum absolute atomic E-state index is 11.3. The molecule has 16 heavy (non-hydrogen) atoms. The highest BCUT2D eigenvalue weighted by molar-refractivity contribution is 5.22. The first kappa shape index (κ1) is 11.3. The molecule has 1 aromatic rings. The Bertz CT molecular complexity index is 419. The third kappa shape index (κ3) is 2.50. The van der Waals surface area contributed by atoms with E-state index in [2.05, 4.69) is 15.3 Å². The fourth-order valence-electron chi connectivity index (χ4n) is 2.24. The fourth-order valence-corrected chi connectivity index (χ4v) is 2.24. The second kappa shape index (κ2) is 4.78. The average molecular weight is 221 g/mol. The zero-order valence-corrected chi connectivity index (χ0v) is 9.97. The number of rotatable bonds is 2. The molecule has 0 radical (unpaired) electrons. The van der Waals surface area contributed by atoms with E-state index in [9.17, 15) is 4.79 Å². The van der Waals surface area contributed by atoms with Gasteiger partial charge in [0.2, 0.25) is 0 Å². The van der Waals surface area contributed by atoms with Gasteiger partial charge in [-0.1, -0.05) is 6.42 Å². The highest BCUT2D eigenvalue weighted by atomic mass is 16.1. The van der Waals surface area contributed by atoms with Crippen LogP contribution in [-0.2, 0) is 6.42 Å². The SMILES string of the molecule is Cc1[nH]c(=O)nc(CC2CCCCN2)c1C. The molecule has 1 aromatic heterocycles. The van der Waals surface area contributed by atoms with E-state index in [0.29, 0.717) is 6.04 Å². The number of piperidine rings is 1. The Kier molecular flexibility index (Phi) is 3.39. The Hall–Kier alpha value is -1.16. The van der Waals surface area contributed by atoms with E-state index >= 15 is 0 Å². The van der Waals surface area contributed by atoms with Crippen molar-refractivity contribution in [3.63, 3.8) is 0 Å². The lowest BCUT2D eigenvalue weighted by Crippen LogP contribution is -2.36. The number of hydrogen-bond acceptors (Lipinski definition) is 3. The number of nitrogens with one attached hydrogen (secondary N) is 2. The van der Waals surface area contributed by atoms with Crippen molar-refractivity contribution >= 4 is 0 Å². The summed E-state index contributed by atoms with van der Waals surface area (Å²) in [4.78, 5) is 18.1. The number of aryl methyl sites for hydroxylation is 1. The smallest absolute Gasteiger partial charge is 0.314 e. The van der Waals surface area contributed by atoms with Crippen LogP contribution in [0.3, 0.4) is 0 Å². The van der Waals surface area contributed by atoms with Gasteiger partial charge in [-0.3, -0.25) is 0 Å². The first-order valence-electron chi connectivity index (χ1n) is 5.96. The Morgan fingerprint density at radius 3 is 2.88 bits per heavy atom. The summed E-state index contributed by atoms with van der Waals surface area (Å²) in [6, 6.07) is 0.487. The molecular formula is C12H19N3O. The van der Waals surface area contributed by atoms with Crippen LogP contribution in [0.5, 0.6) is 0 Å². The number of H-pyrrole nitrogens is 1. The lowest BCUT2D eigenvalue weighted by atomic mass is 9.98. The number of aromatic nitrogens is 2. The summed E-state index contributed by atoms with van der Waals surface area (Å²) in [6.45, 7) is 5.04. The minimum absolute atomic E-state index is 0.228. The normalized spacial score (nSPS) is 21.0. The molecule has 0 aromatic carbocycles. The van der Waals surface area contributed by atoms with Crippen LogP contribution in [0.4, 0.5) is 0 Å². The zero-order valence-electron chi connectivity index (χ0n) is 9.97. The van der Waals surface area contributed by atoms with Crippen molar-refractivity contribution in [1.82, 2.24) is 15.3 Å². The molecule has 88 valence electrons. The average Bonchev–Trinajstić information content (AvgIpc) is 2.27. The third-order valence-electron chi connectivity index (χ3n) is 3.38. The number of aromatic amines is 1. The van der Waals surface area contributed by atoms with Crippen LogP contribution in [0, 0.1) is 13.8 Å². The van der Waals surface area contributed by atoms with E-state index in [4.69, 9.17) is 0 Å². The molecule has 1 aliphatic rings. The lowest BCUT2D eigenvalue weighted by Gasteiger charge is -2.23. The molecular weight excluding hydrogens is 202 g/mol. The fraction of sp³-hybridized carbons (Fsp3) is 0.667. The monoisotopic (exact) mass is 221 g/mol. The van der Waals surface area contributed by atoms with Crippen LogP contribution in [-0.4, -0.2) is 22.6 Å². The highest BCUT2D eigenvalue weighted by Crippen LogP contribution is 2.14. The Morgan fingerprint density at radius 2 is 2.19 bits per heavy atom. The van der Waals surface area contributed by atoms with E-state index in [0.717, 1.165) is 29.9 Å². The van der Waals surface area contributed by atoms with Crippen molar-refractivity contribution in [2.45, 2.75) is 45.6 Å². The van der Waals surface area contributed by atoms with Gasteiger partial charge in [0.25, 0.3) is 0 Å². The van der Waals surface area contributed by atoms with Gasteiger partial charge >= 0.3 is 5.69 Å². The molecule has 1 saturated heterocycles. The molecule has 0 amide bonds. The van der Waals surface area contributed by atoms with E-state index < -0.39 is 0 Å². The van der Waals surface area contributed by atoms with Crippen LogP contribution < -0.4 is 11.0 Å². The van der Waals surface area contributed by atoms with Crippen molar-refractivity contribution in [2.24, 2.45) is 0 Å². The van der Waals surface area contributed by atoms with Crippen LogP contribution >= 0.6 is 0 Å². The first-order valence-corrected chi connectivity index (χ1v) is 5.96. The predicted molar refractivity (Wildman–Crippen MR) is 63.7 cm³/mol. The van der Waals surface area contributed by atoms with Crippen LogP contribution in [0.2, 0.25) is 0 Å². The first-order chi connectivity index (χ1) is 7.66. The van der Waals surface area contributed by atoms with E-state index in [1.807, 2.05) is 13.8 Å². The number of hydrogen-bond donors (Lipinski definition) is 2. The Labute approximate surface area is 95.5 Å². The number of nitrogens with zero attached hydrogens (tertiary/aromatic N) is 1. The predicted octanol–water partition coefficient (Wildman–Crippen LogP) is 1.07. The van der Waals surface area contributed by atoms with Crippen molar-refractivity contribution in [1.29, 1.82) is 0 Å². The van der Waals surface area contributed by atoms with Gasteiger partial charge in [-0.25, -0.2) is 4.79 Å². The van der Waals surface area contributed by atoms with Crippen molar-refractivity contribution in [2.75, 3.05) is 6.54 Å². The topological polar surface area (TPSA) is 57.8 Å². The van der Waals surface area contributed by atoms with Crippen molar-refractivity contribution in [3.8, 4) is 0 Å². The van der Waals surface area contributed by atoms with Crippen molar-refractivity contribution < 1.29 is 0 Å². The molecule has 1 aliphatic heterocycles. The van der Waals surface area contributed by atoms with Gasteiger partial charge in [0.05, 0.1) is 5.69 Å².